The fourth-order valence-corrected chi connectivity index (χ4v) is 5.28. The van der Waals surface area contributed by atoms with Gasteiger partial charge in [-0.1, -0.05) is 18.9 Å². The van der Waals surface area contributed by atoms with E-state index in [-0.39, 0.29) is 10.8 Å². The molecule has 7 heteroatoms. The van der Waals surface area contributed by atoms with E-state index in [0.29, 0.717) is 18.8 Å². The van der Waals surface area contributed by atoms with Crippen LogP contribution >= 0.6 is 0 Å². The van der Waals surface area contributed by atoms with E-state index in [1.165, 1.54) is 6.92 Å². The second kappa shape index (κ2) is 6.46. The Morgan fingerprint density at radius 1 is 1.29 bits per heavy atom. The van der Waals surface area contributed by atoms with Gasteiger partial charge < -0.3 is 10.6 Å². The Labute approximate surface area is 143 Å². The van der Waals surface area contributed by atoms with Gasteiger partial charge in [0.15, 0.2) is 0 Å². The number of sulfonamides is 1. The van der Waals surface area contributed by atoms with Crippen molar-refractivity contribution in [3.63, 3.8) is 0 Å². The van der Waals surface area contributed by atoms with Gasteiger partial charge in [-0.25, -0.2) is 13.1 Å². The molecule has 24 heavy (non-hydrogen) atoms. The molecule has 0 bridgehead atoms. The minimum Gasteiger partial charge on any atom is -0.329 e. The molecular weight excluding hydrogens is 326 g/mol. The van der Waals surface area contributed by atoms with Crippen molar-refractivity contribution in [2.24, 2.45) is 5.73 Å². The standard InChI is InChI=1S/C17H25N3O3S/c1-13(21)20-10-4-5-14-6-7-15(11-16(14)20)24(22,23)19-17(12-18)8-2-3-9-17/h6-7,11,19H,2-5,8-10,12,18H2,1H3. The van der Waals surface area contributed by atoms with Crippen LogP contribution in [0.15, 0.2) is 23.1 Å². The van der Waals surface area contributed by atoms with Crippen molar-refractivity contribution in [3.05, 3.63) is 23.8 Å². The number of fused-ring (bicyclic) bond motifs is 1. The largest absolute Gasteiger partial charge is 0.329 e. The highest BCUT2D eigenvalue weighted by molar-refractivity contribution is 7.89. The number of nitrogens with two attached hydrogens (primary N) is 1. The molecule has 0 atom stereocenters. The number of nitrogens with zero attached hydrogens (tertiary/aromatic N) is 1. The van der Waals surface area contributed by atoms with Gasteiger partial charge in [-0.15, -0.1) is 0 Å². The fraction of sp³-hybridized carbons (Fsp3) is 0.588. The van der Waals surface area contributed by atoms with Gasteiger partial charge in [-0.3, -0.25) is 4.79 Å². The van der Waals surface area contributed by atoms with Crippen LogP contribution in [-0.2, 0) is 21.2 Å². The van der Waals surface area contributed by atoms with Crippen molar-refractivity contribution in [3.8, 4) is 0 Å². The van der Waals surface area contributed by atoms with Crippen molar-refractivity contribution >= 4 is 21.6 Å². The van der Waals surface area contributed by atoms with Crippen LogP contribution < -0.4 is 15.4 Å². The summed E-state index contributed by atoms with van der Waals surface area (Å²) in [7, 11) is -3.66. The molecule has 3 rings (SSSR count). The highest BCUT2D eigenvalue weighted by atomic mass is 32.2. The van der Waals surface area contributed by atoms with E-state index in [2.05, 4.69) is 4.72 Å². The molecule has 1 fully saturated rings. The zero-order valence-electron chi connectivity index (χ0n) is 14.0. The lowest BCUT2D eigenvalue weighted by atomic mass is 10.0. The number of benzene rings is 1. The minimum atomic E-state index is -3.66. The fourth-order valence-electron chi connectivity index (χ4n) is 3.79. The average Bonchev–Trinajstić information content (AvgIpc) is 3.02. The molecule has 0 saturated heterocycles. The smallest absolute Gasteiger partial charge is 0.241 e. The Morgan fingerprint density at radius 2 is 2.00 bits per heavy atom. The minimum absolute atomic E-state index is 0.0623. The summed E-state index contributed by atoms with van der Waals surface area (Å²) in [5.74, 6) is -0.0623. The molecule has 2 aliphatic rings. The summed E-state index contributed by atoms with van der Waals surface area (Å²) < 4.78 is 28.5. The van der Waals surface area contributed by atoms with Crippen LogP contribution in [0.1, 0.15) is 44.6 Å². The van der Waals surface area contributed by atoms with E-state index < -0.39 is 15.6 Å². The monoisotopic (exact) mass is 351 g/mol. The van der Waals surface area contributed by atoms with Crippen LogP contribution in [0.25, 0.3) is 0 Å². The molecule has 0 aromatic heterocycles. The van der Waals surface area contributed by atoms with E-state index in [1.807, 2.05) is 6.07 Å². The maximum Gasteiger partial charge on any atom is 0.241 e. The van der Waals surface area contributed by atoms with Gasteiger partial charge in [0.1, 0.15) is 0 Å². The number of aryl methyl sites for hydroxylation is 1. The lowest BCUT2D eigenvalue weighted by molar-refractivity contribution is -0.116. The van der Waals surface area contributed by atoms with E-state index in [4.69, 9.17) is 5.73 Å². The van der Waals surface area contributed by atoms with Crippen LogP contribution in [0.5, 0.6) is 0 Å². The van der Waals surface area contributed by atoms with Crippen LogP contribution in [0, 0.1) is 0 Å². The molecule has 1 aliphatic carbocycles. The van der Waals surface area contributed by atoms with E-state index >= 15 is 0 Å². The summed E-state index contributed by atoms with van der Waals surface area (Å²) in [6.45, 7) is 2.44. The molecule has 1 aromatic rings. The van der Waals surface area contributed by atoms with E-state index in [9.17, 15) is 13.2 Å². The highest BCUT2D eigenvalue weighted by Crippen LogP contribution is 2.33. The summed E-state index contributed by atoms with van der Waals surface area (Å²) in [4.78, 5) is 13.7. The summed E-state index contributed by atoms with van der Waals surface area (Å²) >= 11 is 0. The number of hydrogen-bond donors (Lipinski definition) is 2. The lowest BCUT2D eigenvalue weighted by Gasteiger charge is -2.30. The number of carbonyl (C=O) groups is 1. The molecule has 0 radical (unpaired) electrons. The maximum atomic E-state index is 12.8. The molecule has 1 aliphatic heterocycles. The normalized spacial score (nSPS) is 20.0. The first-order chi connectivity index (χ1) is 11.4. The number of carbonyl (C=O) groups excluding carboxylic acids is 1. The lowest BCUT2D eigenvalue weighted by Crippen LogP contribution is -2.51. The summed E-state index contributed by atoms with van der Waals surface area (Å²) in [5.41, 5.74) is 7.05. The Kier molecular flexibility index (Phi) is 4.68. The second-order valence-corrected chi connectivity index (χ2v) is 8.54. The SMILES string of the molecule is CC(=O)N1CCCc2ccc(S(=O)(=O)NC3(CN)CCCC3)cc21. The molecule has 0 unspecified atom stereocenters. The average molecular weight is 351 g/mol. The predicted octanol–water partition coefficient (Wildman–Crippen LogP) is 1.54. The van der Waals surface area contributed by atoms with Crippen LogP contribution in [0.4, 0.5) is 5.69 Å². The van der Waals surface area contributed by atoms with Gasteiger partial charge in [0, 0.05) is 31.2 Å². The molecular formula is C17H25N3O3S. The Morgan fingerprint density at radius 3 is 2.62 bits per heavy atom. The summed E-state index contributed by atoms with van der Waals surface area (Å²) in [6, 6.07) is 5.07. The van der Waals surface area contributed by atoms with Crippen molar-refractivity contribution in [2.45, 2.75) is 55.9 Å². The number of amides is 1. The van der Waals surface area contributed by atoms with E-state index in [1.54, 1.807) is 17.0 Å². The van der Waals surface area contributed by atoms with Crippen LogP contribution in [-0.4, -0.2) is 33.0 Å². The Hall–Kier alpha value is -1.44. The first-order valence-corrected chi connectivity index (χ1v) is 10.0. The van der Waals surface area contributed by atoms with Crippen LogP contribution in [0.3, 0.4) is 0 Å². The Bertz CT molecular complexity index is 739. The van der Waals surface area contributed by atoms with E-state index in [0.717, 1.165) is 44.1 Å². The number of anilines is 1. The topological polar surface area (TPSA) is 92.5 Å². The number of hydrogen-bond acceptors (Lipinski definition) is 4. The molecule has 1 saturated carbocycles. The van der Waals surface area contributed by atoms with Crippen molar-refractivity contribution in [1.82, 2.24) is 4.72 Å². The van der Waals surface area contributed by atoms with Gasteiger partial charge in [-0.05, 0) is 43.4 Å². The van der Waals surface area contributed by atoms with Gasteiger partial charge in [-0.2, -0.15) is 0 Å². The first-order valence-electron chi connectivity index (χ1n) is 8.52. The first kappa shape index (κ1) is 17.4. The van der Waals surface area contributed by atoms with Gasteiger partial charge in [0.05, 0.1) is 4.90 Å². The van der Waals surface area contributed by atoms with Gasteiger partial charge >= 0.3 is 0 Å². The van der Waals surface area contributed by atoms with Crippen molar-refractivity contribution in [1.29, 1.82) is 0 Å². The zero-order chi connectivity index (χ0) is 17.4. The van der Waals surface area contributed by atoms with Gasteiger partial charge in [0.25, 0.3) is 0 Å². The molecule has 1 amide bonds. The highest BCUT2D eigenvalue weighted by Gasteiger charge is 2.37. The molecule has 3 N–H and O–H groups in total. The molecule has 132 valence electrons. The Balaban J connectivity index is 1.94. The third kappa shape index (κ3) is 3.20. The molecule has 6 nitrogen and oxygen atoms in total. The zero-order valence-corrected chi connectivity index (χ0v) is 14.9. The molecule has 0 spiro atoms. The third-order valence-electron chi connectivity index (χ3n) is 5.17. The summed E-state index contributed by atoms with van der Waals surface area (Å²) in [5, 5.41) is 0. The van der Waals surface area contributed by atoms with Crippen molar-refractivity contribution in [2.75, 3.05) is 18.0 Å². The van der Waals surface area contributed by atoms with Crippen molar-refractivity contribution < 1.29 is 13.2 Å². The predicted molar refractivity (Wildman–Crippen MR) is 93.4 cm³/mol. The quantitative estimate of drug-likeness (QED) is 0.860. The number of nitrogens with one attached hydrogen (secondary N) is 1. The van der Waals surface area contributed by atoms with Gasteiger partial charge in [0.2, 0.25) is 15.9 Å². The maximum absolute atomic E-state index is 12.8. The summed E-state index contributed by atoms with van der Waals surface area (Å²) in [6.07, 6.45) is 5.28. The van der Waals surface area contributed by atoms with Crippen LogP contribution in [0.2, 0.25) is 0 Å². The third-order valence-corrected chi connectivity index (χ3v) is 6.74. The molecule has 1 aromatic carbocycles. The second-order valence-electron chi connectivity index (χ2n) is 6.86. The molecule has 1 heterocycles. The number of rotatable bonds is 4.